The number of nitrogens with zero attached hydrogens (tertiary/aromatic N) is 2. The van der Waals surface area contributed by atoms with Gasteiger partial charge in [-0.2, -0.15) is 0 Å². The molecule has 2 heterocycles. The van der Waals surface area contributed by atoms with Crippen LogP contribution in [0.4, 0.5) is 5.69 Å². The highest BCUT2D eigenvalue weighted by atomic mass is 35.5. The van der Waals surface area contributed by atoms with Gasteiger partial charge in [0.15, 0.2) is 0 Å². The number of anilines is 1. The minimum atomic E-state index is -4.00. The SMILES string of the molecule is CO[C@@]1(CC(=O)N(C)C2CCC2)/C=C/C[C@H](C)[C@@H](C)S(=O)(=O)NC(=O)c2ccc3c(c2)N(CCCCc2cc(Cl)ccc2CO3)C[C@@H]2CC[C@H]21. The Balaban J connectivity index is 1.40. The molecule has 0 radical (unpaired) electrons. The Morgan fingerprint density at radius 2 is 1.88 bits per heavy atom. The minimum Gasteiger partial charge on any atom is -0.487 e. The Labute approximate surface area is 302 Å². The largest absolute Gasteiger partial charge is 0.487 e. The normalized spacial score (nSPS) is 29.4. The molecule has 2 bridgehead atoms. The van der Waals surface area contributed by atoms with Crippen LogP contribution in [0.15, 0.2) is 48.6 Å². The van der Waals surface area contributed by atoms with Gasteiger partial charge in [-0.25, -0.2) is 13.1 Å². The molecule has 0 saturated heterocycles. The van der Waals surface area contributed by atoms with Crippen molar-refractivity contribution >= 4 is 39.1 Å². The van der Waals surface area contributed by atoms with E-state index in [-0.39, 0.29) is 41.7 Å². The number of halogens is 1. The number of allylic oxidation sites excluding steroid dienone is 1. The fourth-order valence-corrected chi connectivity index (χ4v) is 9.48. The maximum absolute atomic E-state index is 13.8. The van der Waals surface area contributed by atoms with Crippen LogP contribution in [0, 0.1) is 17.8 Å². The lowest BCUT2D eigenvalue weighted by molar-refractivity contribution is -0.144. The van der Waals surface area contributed by atoms with Crippen molar-refractivity contribution in [3.8, 4) is 5.75 Å². The summed E-state index contributed by atoms with van der Waals surface area (Å²) in [5, 5.41) is -0.138. The van der Waals surface area contributed by atoms with Crippen LogP contribution in [0.2, 0.25) is 5.02 Å². The third-order valence-corrected chi connectivity index (χ3v) is 14.1. The molecule has 6 rings (SSSR count). The number of hydrogen-bond donors (Lipinski definition) is 1. The van der Waals surface area contributed by atoms with Crippen molar-refractivity contribution in [1.82, 2.24) is 9.62 Å². The maximum Gasteiger partial charge on any atom is 0.264 e. The summed E-state index contributed by atoms with van der Waals surface area (Å²) in [4.78, 5) is 31.6. The van der Waals surface area contributed by atoms with Gasteiger partial charge >= 0.3 is 0 Å². The third kappa shape index (κ3) is 7.72. The molecule has 2 aromatic rings. The van der Waals surface area contributed by atoms with E-state index in [1.807, 2.05) is 49.2 Å². The van der Waals surface area contributed by atoms with Gasteiger partial charge in [0, 0.05) is 43.9 Å². The fraction of sp³-hybridized carbons (Fsp3) is 0.590. The van der Waals surface area contributed by atoms with E-state index in [4.69, 9.17) is 21.1 Å². The van der Waals surface area contributed by atoms with Crippen molar-refractivity contribution in [2.75, 3.05) is 32.1 Å². The van der Waals surface area contributed by atoms with Gasteiger partial charge in [0.05, 0.1) is 23.0 Å². The predicted octanol–water partition coefficient (Wildman–Crippen LogP) is 6.92. The smallest absolute Gasteiger partial charge is 0.264 e. The van der Waals surface area contributed by atoms with Crippen molar-refractivity contribution in [3.63, 3.8) is 0 Å². The highest BCUT2D eigenvalue weighted by molar-refractivity contribution is 7.90. The van der Waals surface area contributed by atoms with Crippen molar-refractivity contribution in [2.45, 2.75) is 102 Å². The Hall–Kier alpha value is -3.08. The summed E-state index contributed by atoms with van der Waals surface area (Å²) in [6.45, 7) is 5.24. The predicted molar refractivity (Wildman–Crippen MR) is 197 cm³/mol. The molecule has 0 spiro atoms. The van der Waals surface area contributed by atoms with E-state index < -0.39 is 26.8 Å². The van der Waals surface area contributed by atoms with E-state index in [1.54, 1.807) is 32.2 Å². The molecule has 50 heavy (non-hydrogen) atoms. The van der Waals surface area contributed by atoms with Gasteiger partial charge in [0.25, 0.3) is 5.91 Å². The van der Waals surface area contributed by atoms with Crippen LogP contribution < -0.4 is 14.4 Å². The summed E-state index contributed by atoms with van der Waals surface area (Å²) in [7, 11) is -0.387. The first-order chi connectivity index (χ1) is 23.9. The quantitative estimate of drug-likeness (QED) is 0.342. The zero-order valence-electron chi connectivity index (χ0n) is 29.8. The Morgan fingerprint density at radius 1 is 1.08 bits per heavy atom. The summed E-state index contributed by atoms with van der Waals surface area (Å²) in [5.41, 5.74) is 2.41. The number of hydrogen-bond acceptors (Lipinski definition) is 7. The molecule has 2 amide bonds. The number of sulfonamides is 1. The molecule has 2 aliphatic carbocycles. The van der Waals surface area contributed by atoms with Crippen LogP contribution in [0.1, 0.15) is 93.1 Å². The molecule has 2 aromatic carbocycles. The van der Waals surface area contributed by atoms with Crippen LogP contribution in [0.25, 0.3) is 0 Å². The molecule has 9 nitrogen and oxygen atoms in total. The number of ether oxygens (including phenoxy) is 2. The summed E-state index contributed by atoms with van der Waals surface area (Å²) < 4.78 is 42.3. The van der Waals surface area contributed by atoms with E-state index in [2.05, 4.69) is 9.62 Å². The number of benzene rings is 2. The number of fused-ring (bicyclic) bond motifs is 3. The maximum atomic E-state index is 13.8. The lowest BCUT2D eigenvalue weighted by atomic mass is 9.63. The number of nitrogens with one attached hydrogen (secondary N) is 1. The average molecular weight is 726 g/mol. The number of aryl methyl sites for hydroxylation is 1. The number of carbonyl (C=O) groups is 2. The van der Waals surface area contributed by atoms with E-state index in [9.17, 15) is 18.0 Å². The number of amides is 2. The first-order valence-corrected chi connectivity index (χ1v) is 20.2. The van der Waals surface area contributed by atoms with E-state index in [1.165, 1.54) is 0 Å². The zero-order chi connectivity index (χ0) is 35.6. The fourth-order valence-electron chi connectivity index (χ4n) is 8.00. The van der Waals surface area contributed by atoms with Crippen LogP contribution in [-0.4, -0.2) is 69.3 Å². The summed E-state index contributed by atoms with van der Waals surface area (Å²) in [5.74, 6) is 0.0498. The molecule has 2 aliphatic heterocycles. The first kappa shape index (κ1) is 36.7. The van der Waals surface area contributed by atoms with Gasteiger partial charge in [0.1, 0.15) is 12.4 Å². The molecule has 1 N–H and O–H groups in total. The number of carbonyl (C=O) groups excluding carboxylic acids is 2. The third-order valence-electron chi connectivity index (χ3n) is 12.0. The van der Waals surface area contributed by atoms with Crippen LogP contribution in [0.5, 0.6) is 5.75 Å². The van der Waals surface area contributed by atoms with Crippen LogP contribution >= 0.6 is 11.6 Å². The van der Waals surface area contributed by atoms with Crippen molar-refractivity contribution < 1.29 is 27.5 Å². The Morgan fingerprint density at radius 3 is 2.58 bits per heavy atom. The lowest BCUT2D eigenvalue weighted by Gasteiger charge is -2.50. The van der Waals surface area contributed by atoms with Crippen molar-refractivity contribution in [2.24, 2.45) is 17.8 Å². The van der Waals surface area contributed by atoms with Crippen molar-refractivity contribution in [3.05, 3.63) is 70.3 Å². The highest BCUT2D eigenvalue weighted by Crippen LogP contribution is 2.48. The minimum absolute atomic E-state index is 0.0752. The Kier molecular flexibility index (Phi) is 11.2. The summed E-state index contributed by atoms with van der Waals surface area (Å²) >= 11 is 6.37. The van der Waals surface area contributed by atoms with Crippen LogP contribution in [0.3, 0.4) is 0 Å². The standard InChI is InChI=1S/C39H52ClN3O6S/c1-26-9-8-19-39(48-4,23-37(44)42(3)33-11-7-12-33)34-17-14-30(34)24-43-20-6-5-10-28-21-32(40)16-13-31(28)25-49-36-18-15-29(22-35(36)43)38(45)41-50(46,47)27(26)2/h8,13,15-16,18-19,21-22,26-27,30,33-34H,5-7,9-12,14,17,20,23-25H2,1-4H3,(H,41,45)/b19-8+/t26-,27+,30-,34+,39+/m0/s1. The van der Waals surface area contributed by atoms with E-state index in [0.717, 1.165) is 68.2 Å². The molecule has 2 fully saturated rings. The van der Waals surface area contributed by atoms with Gasteiger partial charge in [-0.05, 0) is 124 Å². The Bertz CT molecular complexity index is 1710. The molecule has 11 heteroatoms. The summed E-state index contributed by atoms with van der Waals surface area (Å²) in [6.07, 6.45) is 12.5. The molecule has 0 unspecified atom stereocenters. The number of rotatable bonds is 4. The molecule has 5 atom stereocenters. The molecular weight excluding hydrogens is 674 g/mol. The first-order valence-electron chi connectivity index (χ1n) is 18.2. The van der Waals surface area contributed by atoms with Gasteiger partial charge in [-0.3, -0.25) is 9.59 Å². The molecule has 2 saturated carbocycles. The summed E-state index contributed by atoms with van der Waals surface area (Å²) in [6, 6.07) is 11.4. The zero-order valence-corrected chi connectivity index (χ0v) is 31.4. The second kappa shape index (κ2) is 15.3. The molecular formula is C39H52ClN3O6S. The number of methoxy groups -OCH3 is 1. The highest BCUT2D eigenvalue weighted by Gasteiger charge is 2.49. The second-order valence-electron chi connectivity index (χ2n) is 15.0. The average Bonchev–Trinajstić information content (AvgIpc) is 3.07. The lowest BCUT2D eigenvalue weighted by Crippen LogP contribution is -2.54. The molecule has 272 valence electrons. The molecule has 0 aromatic heterocycles. The van der Waals surface area contributed by atoms with Crippen molar-refractivity contribution in [1.29, 1.82) is 0 Å². The molecule has 4 aliphatic rings. The van der Waals surface area contributed by atoms with E-state index in [0.29, 0.717) is 36.9 Å². The monoisotopic (exact) mass is 725 g/mol. The van der Waals surface area contributed by atoms with Gasteiger partial charge in [0.2, 0.25) is 15.9 Å². The van der Waals surface area contributed by atoms with E-state index >= 15 is 0 Å². The second-order valence-corrected chi connectivity index (χ2v) is 17.4. The van der Waals surface area contributed by atoms with Crippen LogP contribution in [-0.2, 0) is 32.6 Å². The van der Waals surface area contributed by atoms with Gasteiger partial charge in [-0.1, -0.05) is 36.7 Å². The van der Waals surface area contributed by atoms with Gasteiger partial charge in [-0.15, -0.1) is 0 Å². The van der Waals surface area contributed by atoms with Gasteiger partial charge < -0.3 is 19.3 Å². The topological polar surface area (TPSA) is 105 Å².